The van der Waals surface area contributed by atoms with Crippen LogP contribution in [0, 0.1) is 17.5 Å². The number of sulfone groups is 1. The molecule has 0 radical (unpaired) electrons. The van der Waals surface area contributed by atoms with Gasteiger partial charge in [0.15, 0.2) is 5.03 Å². The summed E-state index contributed by atoms with van der Waals surface area (Å²) in [6.45, 7) is -0.734. The third kappa shape index (κ3) is 4.51. The van der Waals surface area contributed by atoms with Crippen LogP contribution in [0.5, 0.6) is 0 Å². The van der Waals surface area contributed by atoms with Crippen LogP contribution < -0.4 is 10.9 Å². The van der Waals surface area contributed by atoms with Crippen molar-refractivity contribution in [1.82, 2.24) is 9.78 Å². The number of amides is 1. The maximum atomic E-state index is 13.6. The molecule has 0 aliphatic rings. The lowest BCUT2D eigenvalue weighted by Gasteiger charge is -2.09. The number of aromatic nitrogens is 2. The average Bonchev–Trinajstić information content (AvgIpc) is 2.65. The summed E-state index contributed by atoms with van der Waals surface area (Å²) in [5, 5.41) is 5.20. The van der Waals surface area contributed by atoms with Crippen molar-refractivity contribution in [3.63, 3.8) is 0 Å². The molecule has 0 saturated carbocycles. The Morgan fingerprint density at radius 1 is 1.00 bits per heavy atom. The zero-order chi connectivity index (χ0) is 21.2. The molecule has 3 rings (SSSR count). The van der Waals surface area contributed by atoms with Crippen LogP contribution in [0.4, 0.5) is 18.9 Å². The molecule has 11 heteroatoms. The highest BCUT2D eigenvalue weighted by Crippen LogP contribution is 2.19. The molecule has 3 aromatic rings. The van der Waals surface area contributed by atoms with Crippen LogP contribution >= 0.6 is 0 Å². The fourth-order valence-electron chi connectivity index (χ4n) is 2.36. The van der Waals surface area contributed by atoms with Gasteiger partial charge in [-0.25, -0.2) is 26.3 Å². The number of carbonyl (C=O) groups is 1. The van der Waals surface area contributed by atoms with E-state index in [1.54, 1.807) is 0 Å². The summed E-state index contributed by atoms with van der Waals surface area (Å²) in [5.74, 6) is -3.54. The molecule has 0 saturated heterocycles. The summed E-state index contributed by atoms with van der Waals surface area (Å²) >= 11 is 0. The van der Waals surface area contributed by atoms with E-state index in [0.29, 0.717) is 10.7 Å². The molecule has 2 aromatic carbocycles. The number of hydrogen-bond donors (Lipinski definition) is 1. The number of nitrogens with one attached hydrogen (secondary N) is 1. The standard InChI is InChI=1S/C18H12F3N3O4S/c19-11-2-1-3-13(8-11)29(27,28)17-6-7-18(26)24(23-17)10-16(25)22-15-5-4-12(20)9-14(15)21/h1-9H,10H2,(H,22,25). The van der Waals surface area contributed by atoms with Gasteiger partial charge in [0, 0.05) is 12.1 Å². The van der Waals surface area contributed by atoms with Crippen molar-refractivity contribution in [3.8, 4) is 0 Å². The van der Waals surface area contributed by atoms with Crippen molar-refractivity contribution in [3.05, 3.63) is 82.4 Å². The summed E-state index contributed by atoms with van der Waals surface area (Å²) in [6.07, 6.45) is 0. The van der Waals surface area contributed by atoms with E-state index >= 15 is 0 Å². The van der Waals surface area contributed by atoms with Crippen molar-refractivity contribution in [2.75, 3.05) is 5.32 Å². The van der Waals surface area contributed by atoms with Gasteiger partial charge in [0.2, 0.25) is 15.7 Å². The predicted octanol–water partition coefficient (Wildman–Crippen LogP) is 2.13. The first kappa shape index (κ1) is 20.3. The van der Waals surface area contributed by atoms with Crippen LogP contribution in [0.3, 0.4) is 0 Å². The van der Waals surface area contributed by atoms with Gasteiger partial charge in [0.1, 0.15) is 24.0 Å². The van der Waals surface area contributed by atoms with Gasteiger partial charge in [-0.2, -0.15) is 5.10 Å². The third-order valence-electron chi connectivity index (χ3n) is 3.72. The molecule has 1 amide bonds. The largest absolute Gasteiger partial charge is 0.322 e. The average molecular weight is 423 g/mol. The normalized spacial score (nSPS) is 11.3. The minimum Gasteiger partial charge on any atom is -0.322 e. The minimum atomic E-state index is -4.25. The lowest BCUT2D eigenvalue weighted by Crippen LogP contribution is -2.30. The first-order valence-electron chi connectivity index (χ1n) is 8.00. The Morgan fingerprint density at radius 3 is 2.41 bits per heavy atom. The van der Waals surface area contributed by atoms with Crippen LogP contribution in [0.2, 0.25) is 0 Å². The molecule has 0 aliphatic carbocycles. The lowest BCUT2D eigenvalue weighted by molar-refractivity contribution is -0.117. The van der Waals surface area contributed by atoms with Crippen molar-refractivity contribution in [2.24, 2.45) is 0 Å². The van der Waals surface area contributed by atoms with Crippen LogP contribution in [0.15, 0.2) is 69.3 Å². The van der Waals surface area contributed by atoms with Crippen LogP contribution in [0.25, 0.3) is 0 Å². The first-order valence-corrected chi connectivity index (χ1v) is 9.49. The number of nitrogens with zero attached hydrogens (tertiary/aromatic N) is 2. The number of halogens is 3. The molecular formula is C18H12F3N3O4S. The molecule has 0 unspecified atom stereocenters. The molecule has 0 bridgehead atoms. The number of hydrogen-bond acceptors (Lipinski definition) is 5. The van der Waals surface area contributed by atoms with E-state index < -0.39 is 50.3 Å². The zero-order valence-electron chi connectivity index (χ0n) is 14.5. The summed E-state index contributed by atoms with van der Waals surface area (Å²) < 4.78 is 65.6. The Kier molecular flexibility index (Phi) is 5.50. The monoisotopic (exact) mass is 423 g/mol. The van der Waals surface area contributed by atoms with Crippen molar-refractivity contribution in [2.45, 2.75) is 16.5 Å². The fourth-order valence-corrected chi connectivity index (χ4v) is 3.58. The molecule has 29 heavy (non-hydrogen) atoms. The number of rotatable bonds is 5. The number of benzene rings is 2. The molecule has 0 fully saturated rings. The van der Waals surface area contributed by atoms with Crippen LogP contribution in [-0.2, 0) is 21.2 Å². The maximum Gasteiger partial charge on any atom is 0.267 e. The van der Waals surface area contributed by atoms with Gasteiger partial charge >= 0.3 is 0 Å². The molecule has 1 N–H and O–H groups in total. The van der Waals surface area contributed by atoms with E-state index in [4.69, 9.17) is 0 Å². The topological polar surface area (TPSA) is 98.1 Å². The molecule has 0 spiro atoms. The van der Waals surface area contributed by atoms with Gasteiger partial charge in [-0.15, -0.1) is 0 Å². The van der Waals surface area contributed by atoms with E-state index in [-0.39, 0.29) is 10.6 Å². The molecule has 1 heterocycles. The van der Waals surface area contributed by atoms with Gasteiger partial charge in [-0.05, 0) is 36.4 Å². The minimum absolute atomic E-state index is 0.326. The fraction of sp³-hybridized carbons (Fsp3) is 0.0556. The van der Waals surface area contributed by atoms with Crippen molar-refractivity contribution >= 4 is 21.4 Å². The Bertz CT molecular complexity index is 1260. The second-order valence-electron chi connectivity index (χ2n) is 5.80. The first-order chi connectivity index (χ1) is 13.7. The van der Waals surface area contributed by atoms with E-state index in [1.165, 1.54) is 6.07 Å². The van der Waals surface area contributed by atoms with Gasteiger partial charge in [0.05, 0.1) is 10.6 Å². The van der Waals surface area contributed by atoms with Crippen molar-refractivity contribution in [1.29, 1.82) is 0 Å². The Labute approximate surface area is 162 Å². The summed E-state index contributed by atoms with van der Waals surface area (Å²) in [7, 11) is -4.25. The molecule has 150 valence electrons. The molecule has 1 aromatic heterocycles. The van der Waals surface area contributed by atoms with Gasteiger partial charge in [-0.3, -0.25) is 9.59 Å². The molecular weight excluding hydrogens is 411 g/mol. The highest BCUT2D eigenvalue weighted by molar-refractivity contribution is 7.91. The predicted molar refractivity (Wildman–Crippen MR) is 95.3 cm³/mol. The molecule has 0 aliphatic heterocycles. The quantitative estimate of drug-likeness (QED) is 0.678. The van der Waals surface area contributed by atoms with Gasteiger partial charge in [-0.1, -0.05) is 6.07 Å². The highest BCUT2D eigenvalue weighted by Gasteiger charge is 2.21. The maximum absolute atomic E-state index is 13.6. The van der Waals surface area contributed by atoms with E-state index in [2.05, 4.69) is 10.4 Å². The Morgan fingerprint density at radius 2 is 1.72 bits per heavy atom. The summed E-state index contributed by atoms with van der Waals surface area (Å²) in [4.78, 5) is 23.6. The number of carbonyl (C=O) groups excluding carboxylic acids is 1. The smallest absolute Gasteiger partial charge is 0.267 e. The number of anilines is 1. The lowest BCUT2D eigenvalue weighted by atomic mass is 10.3. The molecule has 7 nitrogen and oxygen atoms in total. The Hall–Kier alpha value is -3.47. The zero-order valence-corrected chi connectivity index (χ0v) is 15.3. The SMILES string of the molecule is O=C(Cn1nc(S(=O)(=O)c2cccc(F)c2)ccc1=O)Nc1ccc(F)cc1F. The summed E-state index contributed by atoms with van der Waals surface area (Å²) in [6, 6.07) is 8.48. The molecule has 0 atom stereocenters. The van der Waals surface area contributed by atoms with Gasteiger partial charge in [0.25, 0.3) is 5.56 Å². The van der Waals surface area contributed by atoms with Crippen LogP contribution in [-0.4, -0.2) is 24.1 Å². The van der Waals surface area contributed by atoms with E-state index in [0.717, 1.165) is 42.5 Å². The van der Waals surface area contributed by atoms with E-state index in [1.807, 2.05) is 0 Å². The van der Waals surface area contributed by atoms with Crippen molar-refractivity contribution < 1.29 is 26.4 Å². The van der Waals surface area contributed by atoms with E-state index in [9.17, 15) is 31.2 Å². The summed E-state index contributed by atoms with van der Waals surface area (Å²) in [5.41, 5.74) is -1.12. The Balaban J connectivity index is 1.87. The van der Waals surface area contributed by atoms with Gasteiger partial charge < -0.3 is 5.32 Å². The highest BCUT2D eigenvalue weighted by atomic mass is 32.2. The third-order valence-corrected chi connectivity index (χ3v) is 5.37. The second-order valence-corrected chi connectivity index (χ2v) is 7.70. The second kappa shape index (κ2) is 7.87. The van der Waals surface area contributed by atoms with Crippen LogP contribution in [0.1, 0.15) is 0 Å².